The fourth-order valence-corrected chi connectivity index (χ4v) is 3.43. The zero-order chi connectivity index (χ0) is 13.0. The van der Waals surface area contributed by atoms with Crippen molar-refractivity contribution in [2.45, 2.75) is 37.0 Å². The van der Waals surface area contributed by atoms with Crippen molar-refractivity contribution < 1.29 is 4.79 Å². The third kappa shape index (κ3) is 2.99. The van der Waals surface area contributed by atoms with Crippen molar-refractivity contribution in [1.82, 2.24) is 5.32 Å². The van der Waals surface area contributed by atoms with Crippen LogP contribution < -0.4 is 11.1 Å². The van der Waals surface area contributed by atoms with Gasteiger partial charge >= 0.3 is 0 Å². The van der Waals surface area contributed by atoms with Crippen molar-refractivity contribution >= 4 is 23.4 Å². The zero-order valence-corrected chi connectivity index (χ0v) is 11.5. The van der Waals surface area contributed by atoms with Crippen LogP contribution in [0.2, 0.25) is 0 Å². The van der Waals surface area contributed by atoms with Gasteiger partial charge in [-0.15, -0.1) is 0 Å². The fraction of sp³-hybridized carbons (Fsp3) is 0.500. The van der Waals surface area contributed by atoms with E-state index in [-0.39, 0.29) is 11.9 Å². The highest BCUT2D eigenvalue weighted by Crippen LogP contribution is 2.27. The maximum absolute atomic E-state index is 12.2. The van der Waals surface area contributed by atoms with Crippen LogP contribution in [0.4, 0.5) is 5.69 Å². The maximum atomic E-state index is 12.2. The minimum absolute atomic E-state index is 0.0425. The Labute approximate surface area is 113 Å². The van der Waals surface area contributed by atoms with E-state index in [2.05, 4.69) is 11.6 Å². The molecule has 0 heterocycles. The SMILES string of the molecule is CSC1CCCCC1NC(=O)c1ccccc1N. The second-order valence-corrected chi connectivity index (χ2v) is 5.80. The Morgan fingerprint density at radius 1 is 1.33 bits per heavy atom. The predicted molar refractivity (Wildman–Crippen MR) is 77.9 cm³/mol. The molecule has 1 aromatic carbocycles. The van der Waals surface area contributed by atoms with Crippen molar-refractivity contribution in [3.63, 3.8) is 0 Å². The smallest absolute Gasteiger partial charge is 0.253 e. The molecule has 1 aliphatic carbocycles. The highest BCUT2D eigenvalue weighted by Gasteiger charge is 2.26. The predicted octanol–water partition coefficient (Wildman–Crippen LogP) is 2.67. The third-order valence-electron chi connectivity index (χ3n) is 3.53. The second kappa shape index (κ2) is 6.14. The van der Waals surface area contributed by atoms with Gasteiger partial charge in [-0.2, -0.15) is 11.8 Å². The third-order valence-corrected chi connectivity index (χ3v) is 4.70. The number of carbonyl (C=O) groups is 1. The summed E-state index contributed by atoms with van der Waals surface area (Å²) < 4.78 is 0. The molecule has 1 aromatic rings. The number of nitrogens with one attached hydrogen (secondary N) is 1. The van der Waals surface area contributed by atoms with Crippen LogP contribution >= 0.6 is 11.8 Å². The molecule has 2 atom stereocenters. The summed E-state index contributed by atoms with van der Waals surface area (Å²) in [5, 5.41) is 3.67. The molecule has 0 saturated heterocycles. The molecular weight excluding hydrogens is 244 g/mol. The summed E-state index contributed by atoms with van der Waals surface area (Å²) >= 11 is 1.85. The van der Waals surface area contributed by atoms with Gasteiger partial charge in [-0.1, -0.05) is 25.0 Å². The fourth-order valence-electron chi connectivity index (χ4n) is 2.49. The molecule has 1 saturated carbocycles. The summed E-state index contributed by atoms with van der Waals surface area (Å²) in [5.41, 5.74) is 6.96. The first kappa shape index (κ1) is 13.3. The molecule has 2 rings (SSSR count). The van der Waals surface area contributed by atoms with Crippen molar-refractivity contribution in [3.05, 3.63) is 29.8 Å². The van der Waals surface area contributed by atoms with Crippen LogP contribution in [0.25, 0.3) is 0 Å². The van der Waals surface area contributed by atoms with Gasteiger partial charge in [0, 0.05) is 17.0 Å². The van der Waals surface area contributed by atoms with E-state index < -0.39 is 0 Å². The number of hydrogen-bond donors (Lipinski definition) is 2. The quantitative estimate of drug-likeness (QED) is 0.825. The van der Waals surface area contributed by atoms with Crippen molar-refractivity contribution in [2.24, 2.45) is 0 Å². The van der Waals surface area contributed by atoms with Crippen molar-refractivity contribution in [1.29, 1.82) is 0 Å². The van der Waals surface area contributed by atoms with Crippen LogP contribution in [-0.4, -0.2) is 23.5 Å². The molecule has 2 unspecified atom stereocenters. The highest BCUT2D eigenvalue weighted by atomic mass is 32.2. The molecule has 0 aromatic heterocycles. The minimum Gasteiger partial charge on any atom is -0.398 e. The molecule has 0 bridgehead atoms. The van der Waals surface area contributed by atoms with Gasteiger partial charge in [0.05, 0.1) is 5.56 Å². The van der Waals surface area contributed by atoms with E-state index >= 15 is 0 Å². The van der Waals surface area contributed by atoms with Crippen molar-refractivity contribution in [2.75, 3.05) is 12.0 Å². The van der Waals surface area contributed by atoms with E-state index in [9.17, 15) is 4.79 Å². The zero-order valence-electron chi connectivity index (χ0n) is 10.7. The lowest BCUT2D eigenvalue weighted by Gasteiger charge is -2.31. The molecule has 98 valence electrons. The standard InChI is InChI=1S/C14H20N2OS/c1-18-13-9-5-4-8-12(13)16-14(17)10-6-2-3-7-11(10)15/h2-3,6-7,12-13H,4-5,8-9,15H2,1H3,(H,16,17). The molecule has 4 heteroatoms. The van der Waals surface area contributed by atoms with Crippen LogP contribution in [0.5, 0.6) is 0 Å². The van der Waals surface area contributed by atoms with Gasteiger partial charge in [0.15, 0.2) is 0 Å². The summed E-state index contributed by atoms with van der Waals surface area (Å²) in [7, 11) is 0. The van der Waals surface area contributed by atoms with Gasteiger partial charge in [-0.05, 0) is 31.2 Å². The lowest BCUT2D eigenvalue weighted by Crippen LogP contribution is -2.43. The van der Waals surface area contributed by atoms with Gasteiger partial charge in [0.2, 0.25) is 0 Å². The average Bonchev–Trinajstić information content (AvgIpc) is 2.39. The Morgan fingerprint density at radius 3 is 2.78 bits per heavy atom. The largest absolute Gasteiger partial charge is 0.398 e. The molecule has 0 spiro atoms. The number of nitrogen functional groups attached to an aromatic ring is 1. The lowest BCUT2D eigenvalue weighted by molar-refractivity contribution is 0.0930. The Balaban J connectivity index is 2.04. The Kier molecular flexibility index (Phi) is 4.53. The monoisotopic (exact) mass is 264 g/mol. The van der Waals surface area contributed by atoms with Crippen LogP contribution in [-0.2, 0) is 0 Å². The number of para-hydroxylation sites is 1. The van der Waals surface area contributed by atoms with Gasteiger partial charge in [-0.3, -0.25) is 4.79 Å². The Hall–Kier alpha value is -1.16. The molecule has 3 N–H and O–H groups in total. The lowest BCUT2D eigenvalue weighted by atomic mass is 9.94. The number of hydrogen-bond acceptors (Lipinski definition) is 3. The van der Waals surface area contributed by atoms with E-state index in [0.717, 1.165) is 6.42 Å². The number of rotatable bonds is 3. The van der Waals surface area contributed by atoms with E-state index in [4.69, 9.17) is 5.73 Å². The van der Waals surface area contributed by atoms with E-state index in [0.29, 0.717) is 16.5 Å². The van der Waals surface area contributed by atoms with Crippen LogP contribution in [0.1, 0.15) is 36.0 Å². The first-order valence-electron chi connectivity index (χ1n) is 6.40. The highest BCUT2D eigenvalue weighted by molar-refractivity contribution is 7.99. The van der Waals surface area contributed by atoms with Gasteiger partial charge < -0.3 is 11.1 Å². The second-order valence-electron chi connectivity index (χ2n) is 4.73. The molecule has 0 aliphatic heterocycles. The number of benzene rings is 1. The van der Waals surface area contributed by atoms with Gasteiger partial charge in [-0.25, -0.2) is 0 Å². The molecular formula is C14H20N2OS. The molecule has 3 nitrogen and oxygen atoms in total. The van der Waals surface area contributed by atoms with Crippen LogP contribution in [0, 0.1) is 0 Å². The molecule has 1 amide bonds. The topological polar surface area (TPSA) is 55.1 Å². The number of thioether (sulfide) groups is 1. The summed E-state index contributed by atoms with van der Waals surface area (Å²) in [4.78, 5) is 12.2. The molecule has 1 aliphatic rings. The van der Waals surface area contributed by atoms with E-state index in [1.807, 2.05) is 23.9 Å². The first-order chi connectivity index (χ1) is 8.72. The Morgan fingerprint density at radius 2 is 2.06 bits per heavy atom. The van der Waals surface area contributed by atoms with Gasteiger partial charge in [0.1, 0.15) is 0 Å². The number of amides is 1. The number of anilines is 1. The summed E-state index contributed by atoms with van der Waals surface area (Å²) in [6, 6.07) is 7.51. The van der Waals surface area contributed by atoms with Crippen LogP contribution in [0.3, 0.4) is 0 Å². The normalized spacial score (nSPS) is 23.6. The van der Waals surface area contributed by atoms with Gasteiger partial charge in [0.25, 0.3) is 5.91 Å². The first-order valence-corrected chi connectivity index (χ1v) is 7.69. The molecule has 18 heavy (non-hydrogen) atoms. The van der Waals surface area contributed by atoms with E-state index in [1.54, 1.807) is 12.1 Å². The minimum atomic E-state index is -0.0425. The Bertz CT molecular complexity index is 422. The molecule has 1 fully saturated rings. The average molecular weight is 264 g/mol. The number of carbonyl (C=O) groups excluding carboxylic acids is 1. The van der Waals surface area contributed by atoms with E-state index in [1.165, 1.54) is 19.3 Å². The van der Waals surface area contributed by atoms with Crippen LogP contribution in [0.15, 0.2) is 24.3 Å². The summed E-state index contributed by atoms with van der Waals surface area (Å²) in [6.07, 6.45) is 6.85. The summed E-state index contributed by atoms with van der Waals surface area (Å²) in [6.45, 7) is 0. The van der Waals surface area contributed by atoms with Crippen molar-refractivity contribution in [3.8, 4) is 0 Å². The molecule has 0 radical (unpaired) electrons. The summed E-state index contributed by atoms with van der Waals surface area (Å²) in [5.74, 6) is -0.0425. The maximum Gasteiger partial charge on any atom is 0.253 e. The number of nitrogens with two attached hydrogens (primary N) is 1.